The van der Waals surface area contributed by atoms with Crippen molar-refractivity contribution in [2.75, 3.05) is 11.9 Å². The van der Waals surface area contributed by atoms with Crippen LogP contribution >= 0.6 is 11.3 Å². The second kappa shape index (κ2) is 8.12. The Labute approximate surface area is 170 Å². The van der Waals surface area contributed by atoms with Crippen molar-refractivity contribution >= 4 is 39.1 Å². The van der Waals surface area contributed by atoms with Gasteiger partial charge in [-0.15, -0.1) is 11.3 Å². The number of aromatic hydroxyl groups is 1. The maximum absolute atomic E-state index is 12.3. The molecule has 1 aromatic heterocycles. The summed E-state index contributed by atoms with van der Waals surface area (Å²) < 4.78 is 5.05. The minimum Gasteiger partial charge on any atom is -0.507 e. The average molecular weight is 404 g/mol. The molecule has 1 heterocycles. The van der Waals surface area contributed by atoms with Gasteiger partial charge in [-0.1, -0.05) is 54.6 Å². The fraction of sp³-hybridized carbons (Fsp3) is 0.0455. The summed E-state index contributed by atoms with van der Waals surface area (Å²) in [6, 6.07) is 20.0. The third-order valence-corrected chi connectivity index (χ3v) is 5.00. The van der Waals surface area contributed by atoms with Crippen LogP contribution in [0.4, 0.5) is 5.13 Å². The molecule has 4 aromatic rings. The standard InChI is InChI=1S/C22H16N2O4S/c25-19-11-16-9-5-4-8-15(16)10-17(19)21(27)28-12-20(26)24-22-23-18(13-29-22)14-6-2-1-3-7-14/h1-11,13,25H,12H2,(H,23,24,26). The average Bonchev–Trinajstić information content (AvgIpc) is 3.20. The van der Waals surface area contributed by atoms with Gasteiger partial charge >= 0.3 is 5.97 Å². The summed E-state index contributed by atoms with van der Waals surface area (Å²) in [6.45, 7) is -0.481. The number of benzene rings is 3. The zero-order valence-electron chi connectivity index (χ0n) is 15.2. The molecule has 3 aromatic carbocycles. The number of carbonyl (C=O) groups excluding carboxylic acids is 2. The number of thiazole rings is 1. The van der Waals surface area contributed by atoms with Crippen LogP contribution in [0.1, 0.15) is 10.4 Å². The van der Waals surface area contributed by atoms with Crippen LogP contribution in [0.25, 0.3) is 22.0 Å². The quantitative estimate of drug-likeness (QED) is 0.479. The van der Waals surface area contributed by atoms with Gasteiger partial charge < -0.3 is 9.84 Å². The Hall–Kier alpha value is -3.71. The molecule has 144 valence electrons. The molecule has 0 fully saturated rings. The second-order valence-electron chi connectivity index (χ2n) is 6.24. The van der Waals surface area contributed by atoms with Gasteiger partial charge in [0.2, 0.25) is 0 Å². The van der Waals surface area contributed by atoms with Crippen molar-refractivity contribution < 1.29 is 19.4 Å². The number of phenols is 1. The zero-order valence-corrected chi connectivity index (χ0v) is 16.0. The van der Waals surface area contributed by atoms with Crippen molar-refractivity contribution in [1.29, 1.82) is 0 Å². The first-order chi connectivity index (χ1) is 14.1. The molecule has 6 nitrogen and oxygen atoms in total. The third-order valence-electron chi connectivity index (χ3n) is 4.24. The smallest absolute Gasteiger partial charge is 0.342 e. The van der Waals surface area contributed by atoms with Crippen molar-refractivity contribution in [3.63, 3.8) is 0 Å². The van der Waals surface area contributed by atoms with Crippen LogP contribution in [-0.2, 0) is 9.53 Å². The normalized spacial score (nSPS) is 10.6. The number of hydrogen-bond donors (Lipinski definition) is 2. The second-order valence-corrected chi connectivity index (χ2v) is 7.10. The van der Waals surface area contributed by atoms with Gasteiger partial charge in [0.25, 0.3) is 5.91 Å². The summed E-state index contributed by atoms with van der Waals surface area (Å²) in [5.74, 6) is -1.47. The van der Waals surface area contributed by atoms with Gasteiger partial charge in [0.1, 0.15) is 11.3 Å². The van der Waals surface area contributed by atoms with Crippen LogP contribution in [0.3, 0.4) is 0 Å². The van der Waals surface area contributed by atoms with Gasteiger partial charge in [0, 0.05) is 10.9 Å². The van der Waals surface area contributed by atoms with Crippen LogP contribution in [0.5, 0.6) is 5.75 Å². The summed E-state index contributed by atoms with van der Waals surface area (Å²) in [7, 11) is 0. The Bertz CT molecular complexity index is 1190. The molecule has 1 amide bonds. The van der Waals surface area contributed by atoms with E-state index < -0.39 is 18.5 Å². The number of nitrogens with zero attached hydrogens (tertiary/aromatic N) is 1. The number of ether oxygens (including phenoxy) is 1. The third kappa shape index (κ3) is 4.25. The van der Waals surface area contributed by atoms with Crippen LogP contribution in [-0.4, -0.2) is 28.6 Å². The number of hydrogen-bond acceptors (Lipinski definition) is 6. The van der Waals surface area contributed by atoms with Crippen LogP contribution < -0.4 is 5.32 Å². The van der Waals surface area contributed by atoms with E-state index in [1.54, 1.807) is 0 Å². The molecular formula is C22H16N2O4S. The number of fused-ring (bicyclic) bond motifs is 1. The van der Waals surface area contributed by atoms with Gasteiger partial charge in [0.15, 0.2) is 11.7 Å². The Morgan fingerprint density at radius 1 is 1.00 bits per heavy atom. The predicted octanol–water partition coefficient (Wildman–Crippen LogP) is 4.46. The van der Waals surface area contributed by atoms with E-state index in [0.717, 1.165) is 22.0 Å². The molecule has 0 radical (unpaired) electrons. The Morgan fingerprint density at radius 2 is 1.69 bits per heavy atom. The van der Waals surface area contributed by atoms with Crippen molar-refractivity contribution in [3.8, 4) is 17.0 Å². The van der Waals surface area contributed by atoms with E-state index in [-0.39, 0.29) is 11.3 Å². The molecule has 29 heavy (non-hydrogen) atoms. The van der Waals surface area contributed by atoms with Gasteiger partial charge in [-0.25, -0.2) is 9.78 Å². The monoisotopic (exact) mass is 404 g/mol. The molecule has 0 bridgehead atoms. The Kier molecular flexibility index (Phi) is 5.22. The highest BCUT2D eigenvalue weighted by Crippen LogP contribution is 2.26. The number of nitrogens with one attached hydrogen (secondary N) is 1. The highest BCUT2D eigenvalue weighted by Gasteiger charge is 2.16. The summed E-state index contributed by atoms with van der Waals surface area (Å²) >= 11 is 1.28. The highest BCUT2D eigenvalue weighted by atomic mass is 32.1. The molecule has 0 aliphatic carbocycles. The SMILES string of the molecule is O=C(COC(=O)c1cc2ccccc2cc1O)Nc1nc(-c2ccccc2)cs1. The van der Waals surface area contributed by atoms with Crippen LogP contribution in [0, 0.1) is 0 Å². The van der Waals surface area contributed by atoms with E-state index >= 15 is 0 Å². The van der Waals surface area contributed by atoms with Gasteiger partial charge in [-0.05, 0) is 22.9 Å². The van der Waals surface area contributed by atoms with Gasteiger partial charge in [-0.3, -0.25) is 10.1 Å². The van der Waals surface area contributed by atoms with Gasteiger partial charge in [0.05, 0.1) is 5.69 Å². The fourth-order valence-corrected chi connectivity index (χ4v) is 3.56. The van der Waals surface area contributed by atoms with Crippen molar-refractivity contribution in [2.24, 2.45) is 0 Å². The highest BCUT2D eigenvalue weighted by molar-refractivity contribution is 7.14. The summed E-state index contributed by atoms with van der Waals surface area (Å²) in [5, 5.41) is 16.5. The molecule has 0 atom stereocenters. The first-order valence-corrected chi connectivity index (χ1v) is 9.68. The molecule has 4 rings (SSSR count). The van der Waals surface area contributed by atoms with E-state index in [9.17, 15) is 14.7 Å². The Balaban J connectivity index is 1.38. The topological polar surface area (TPSA) is 88.5 Å². The van der Waals surface area contributed by atoms with Gasteiger partial charge in [-0.2, -0.15) is 0 Å². The van der Waals surface area contributed by atoms with E-state index in [1.165, 1.54) is 23.5 Å². The van der Waals surface area contributed by atoms with E-state index in [1.807, 2.05) is 60.0 Å². The van der Waals surface area contributed by atoms with E-state index in [0.29, 0.717) is 5.13 Å². The first kappa shape index (κ1) is 18.6. The number of esters is 1. The molecule has 2 N–H and O–H groups in total. The van der Waals surface area contributed by atoms with E-state index in [2.05, 4.69) is 10.3 Å². The lowest BCUT2D eigenvalue weighted by Gasteiger charge is -2.08. The number of carbonyl (C=O) groups is 2. The summed E-state index contributed by atoms with van der Waals surface area (Å²) in [5.41, 5.74) is 1.71. The van der Waals surface area contributed by atoms with E-state index in [4.69, 9.17) is 4.74 Å². The molecule has 0 spiro atoms. The number of amides is 1. The largest absolute Gasteiger partial charge is 0.507 e. The number of anilines is 1. The molecular weight excluding hydrogens is 388 g/mol. The lowest BCUT2D eigenvalue weighted by Crippen LogP contribution is -2.20. The van der Waals surface area contributed by atoms with Crippen molar-refractivity contribution in [1.82, 2.24) is 4.98 Å². The van der Waals surface area contributed by atoms with Crippen LogP contribution in [0.2, 0.25) is 0 Å². The van der Waals surface area contributed by atoms with Crippen LogP contribution in [0.15, 0.2) is 72.1 Å². The maximum Gasteiger partial charge on any atom is 0.342 e. The molecule has 0 saturated carbocycles. The lowest BCUT2D eigenvalue weighted by molar-refractivity contribution is -0.119. The summed E-state index contributed by atoms with van der Waals surface area (Å²) in [6.07, 6.45) is 0. The Morgan fingerprint density at radius 3 is 2.45 bits per heavy atom. The molecule has 0 aliphatic rings. The van der Waals surface area contributed by atoms with Crippen molar-refractivity contribution in [2.45, 2.75) is 0 Å². The molecule has 0 unspecified atom stereocenters. The number of aromatic nitrogens is 1. The summed E-state index contributed by atoms with van der Waals surface area (Å²) in [4.78, 5) is 28.7. The number of phenolic OH excluding ortho intramolecular Hbond substituents is 1. The maximum atomic E-state index is 12.3. The molecule has 0 aliphatic heterocycles. The molecule has 0 saturated heterocycles. The predicted molar refractivity (Wildman–Crippen MR) is 112 cm³/mol. The first-order valence-electron chi connectivity index (χ1n) is 8.80. The van der Waals surface area contributed by atoms with Crippen molar-refractivity contribution in [3.05, 3.63) is 77.7 Å². The fourth-order valence-electron chi connectivity index (χ4n) is 2.83. The minimum absolute atomic E-state index is 0.0112. The number of rotatable bonds is 5. The zero-order chi connectivity index (χ0) is 20.2. The minimum atomic E-state index is -0.771. The lowest BCUT2D eigenvalue weighted by atomic mass is 10.1. The molecule has 7 heteroatoms.